The summed E-state index contributed by atoms with van der Waals surface area (Å²) in [5.74, 6) is 4.98. The molecule has 40 heavy (non-hydrogen) atoms. The predicted molar refractivity (Wildman–Crippen MR) is 166 cm³/mol. The Kier molecular flexibility index (Phi) is 7.68. The summed E-state index contributed by atoms with van der Waals surface area (Å²) >= 11 is 0. The van der Waals surface area contributed by atoms with E-state index in [-0.39, 0.29) is 17.5 Å². The van der Waals surface area contributed by atoms with Gasteiger partial charge < -0.3 is 4.74 Å². The fraction of sp³-hybridized carbons (Fsp3) is 0.658. The Bertz CT molecular complexity index is 1260. The van der Waals surface area contributed by atoms with E-state index >= 15 is 0 Å². The predicted octanol–water partition coefficient (Wildman–Crippen LogP) is 10.4. The van der Waals surface area contributed by atoms with Crippen molar-refractivity contribution in [3.8, 4) is 0 Å². The number of rotatable bonds is 7. The van der Waals surface area contributed by atoms with E-state index in [0.717, 1.165) is 65.5 Å². The monoisotopic (exact) mass is 540 g/mol. The van der Waals surface area contributed by atoms with Crippen molar-refractivity contribution in [1.29, 1.82) is 0 Å². The van der Waals surface area contributed by atoms with E-state index in [0.29, 0.717) is 11.0 Å². The molecule has 4 aliphatic rings. The van der Waals surface area contributed by atoms with Gasteiger partial charge in [-0.05, 0) is 114 Å². The van der Waals surface area contributed by atoms with Crippen molar-refractivity contribution >= 4 is 16.7 Å². The van der Waals surface area contributed by atoms with Crippen LogP contribution in [0.3, 0.4) is 0 Å². The smallest absolute Gasteiger partial charge is 0.338 e. The van der Waals surface area contributed by atoms with Crippen LogP contribution in [0.15, 0.2) is 54.1 Å². The van der Waals surface area contributed by atoms with Crippen LogP contribution >= 0.6 is 0 Å². The number of fused-ring (bicyclic) bond motifs is 6. The second-order valence-corrected chi connectivity index (χ2v) is 15.1. The van der Waals surface area contributed by atoms with Gasteiger partial charge >= 0.3 is 5.97 Å². The highest BCUT2D eigenvalue weighted by Gasteiger charge is 2.59. The van der Waals surface area contributed by atoms with Gasteiger partial charge in [0.1, 0.15) is 6.10 Å². The van der Waals surface area contributed by atoms with Crippen molar-refractivity contribution in [2.75, 3.05) is 0 Å². The average molecular weight is 541 g/mol. The van der Waals surface area contributed by atoms with E-state index in [1.807, 2.05) is 30.3 Å². The largest absolute Gasteiger partial charge is 0.458 e. The van der Waals surface area contributed by atoms with Gasteiger partial charge in [-0.3, -0.25) is 0 Å². The molecule has 3 saturated carbocycles. The molecule has 2 aromatic rings. The van der Waals surface area contributed by atoms with E-state index in [1.54, 1.807) is 5.57 Å². The van der Waals surface area contributed by atoms with Crippen molar-refractivity contribution < 1.29 is 9.53 Å². The number of hydrogen-bond donors (Lipinski definition) is 0. The average Bonchev–Trinajstić information content (AvgIpc) is 3.30. The van der Waals surface area contributed by atoms with E-state index < -0.39 is 0 Å². The lowest BCUT2D eigenvalue weighted by Crippen LogP contribution is -2.51. The highest BCUT2D eigenvalue weighted by Crippen LogP contribution is 2.67. The van der Waals surface area contributed by atoms with Crippen molar-refractivity contribution in [3.63, 3.8) is 0 Å². The van der Waals surface area contributed by atoms with Crippen LogP contribution in [0.25, 0.3) is 10.8 Å². The second kappa shape index (κ2) is 11.0. The van der Waals surface area contributed by atoms with Gasteiger partial charge in [-0.25, -0.2) is 4.79 Å². The summed E-state index contributed by atoms with van der Waals surface area (Å²) in [7, 11) is 0. The van der Waals surface area contributed by atoms with Gasteiger partial charge in [0.2, 0.25) is 0 Å². The van der Waals surface area contributed by atoms with Gasteiger partial charge in [-0.15, -0.1) is 0 Å². The molecule has 8 atom stereocenters. The number of benzene rings is 2. The van der Waals surface area contributed by atoms with Crippen molar-refractivity contribution in [1.82, 2.24) is 0 Å². The lowest BCUT2D eigenvalue weighted by Gasteiger charge is -2.58. The molecule has 0 spiro atoms. The number of allylic oxidation sites excluding steroid dienone is 1. The number of esters is 1. The lowest BCUT2D eigenvalue weighted by molar-refractivity contribution is -0.0594. The van der Waals surface area contributed by atoms with Gasteiger partial charge in [0.25, 0.3) is 0 Å². The summed E-state index contributed by atoms with van der Waals surface area (Å²) in [6.45, 7) is 12.6. The maximum atomic E-state index is 13.1. The molecule has 0 amide bonds. The molecule has 0 saturated heterocycles. The van der Waals surface area contributed by atoms with Crippen molar-refractivity contribution in [2.45, 2.75) is 111 Å². The molecule has 0 aliphatic heterocycles. The van der Waals surface area contributed by atoms with E-state index in [1.165, 1.54) is 51.4 Å². The fourth-order valence-corrected chi connectivity index (χ4v) is 10.3. The molecule has 4 aliphatic carbocycles. The third-order valence-electron chi connectivity index (χ3n) is 12.5. The molecule has 2 heteroatoms. The standard InChI is InChI=1S/C38H52O2/c1-25(2)9-8-10-26(3)33-17-18-34-32-16-15-30-24-31(19-21-37(30,4)35(32)20-22-38(33,34)5)40-36(39)29-14-13-27-11-6-7-12-28(27)23-29/h6-7,11-15,23,25-26,31-35H,8-10,16-22,24H2,1-5H3/t26-,31+,32+,33-,34+,35+,37+,38-/m1/s1. The number of ether oxygens (including phenoxy) is 1. The van der Waals surface area contributed by atoms with Crippen LogP contribution in [-0.4, -0.2) is 12.1 Å². The van der Waals surface area contributed by atoms with Crippen LogP contribution < -0.4 is 0 Å². The fourth-order valence-electron chi connectivity index (χ4n) is 10.3. The Morgan fingerprint density at radius 3 is 2.52 bits per heavy atom. The van der Waals surface area contributed by atoms with Gasteiger partial charge in [-0.2, -0.15) is 0 Å². The topological polar surface area (TPSA) is 26.3 Å². The molecule has 2 nitrogen and oxygen atoms in total. The quantitative estimate of drug-likeness (QED) is 0.258. The zero-order valence-electron chi connectivity index (χ0n) is 25.8. The second-order valence-electron chi connectivity index (χ2n) is 15.1. The zero-order valence-corrected chi connectivity index (χ0v) is 25.8. The Morgan fingerprint density at radius 1 is 0.925 bits per heavy atom. The lowest BCUT2D eigenvalue weighted by atomic mass is 9.47. The first-order valence-corrected chi connectivity index (χ1v) is 16.6. The summed E-state index contributed by atoms with van der Waals surface area (Å²) in [4.78, 5) is 13.1. The maximum Gasteiger partial charge on any atom is 0.338 e. The van der Waals surface area contributed by atoms with Crippen LogP contribution in [0, 0.1) is 46.3 Å². The first-order chi connectivity index (χ1) is 19.2. The Hall–Kier alpha value is -2.09. The first kappa shape index (κ1) is 28.0. The zero-order chi connectivity index (χ0) is 28.1. The minimum Gasteiger partial charge on any atom is -0.458 e. The third-order valence-corrected chi connectivity index (χ3v) is 12.5. The molecule has 0 N–H and O–H groups in total. The highest BCUT2D eigenvalue weighted by molar-refractivity contribution is 5.95. The molecule has 0 bridgehead atoms. The normalized spacial score (nSPS) is 36.0. The molecule has 216 valence electrons. The first-order valence-electron chi connectivity index (χ1n) is 16.6. The van der Waals surface area contributed by atoms with Gasteiger partial charge in [0, 0.05) is 6.42 Å². The van der Waals surface area contributed by atoms with Crippen LogP contribution in [0.4, 0.5) is 0 Å². The molecule has 6 rings (SSSR count). The molecule has 2 aromatic carbocycles. The SMILES string of the molecule is CC(C)CCC[C@@H](C)[C@H]1CC[C@H]2[C@@H]3CC=C4C[C@@H](OC(=O)c5ccc6ccccc6c5)CC[C@]4(C)[C@H]3CC[C@]12C. The minimum atomic E-state index is -0.165. The molecule has 0 heterocycles. The van der Waals surface area contributed by atoms with Gasteiger partial charge in [0.15, 0.2) is 0 Å². The van der Waals surface area contributed by atoms with Crippen LogP contribution in [0.2, 0.25) is 0 Å². The summed E-state index contributed by atoms with van der Waals surface area (Å²) < 4.78 is 6.15. The Labute approximate surface area is 243 Å². The summed E-state index contributed by atoms with van der Waals surface area (Å²) in [6, 6.07) is 14.1. The molecule has 0 aromatic heterocycles. The van der Waals surface area contributed by atoms with E-state index in [2.05, 4.69) is 52.8 Å². The molecule has 0 unspecified atom stereocenters. The van der Waals surface area contributed by atoms with E-state index in [4.69, 9.17) is 4.74 Å². The van der Waals surface area contributed by atoms with Crippen molar-refractivity contribution in [2.24, 2.45) is 46.3 Å². The van der Waals surface area contributed by atoms with Crippen LogP contribution in [0.1, 0.15) is 116 Å². The Balaban J connectivity index is 1.12. The highest BCUT2D eigenvalue weighted by atomic mass is 16.5. The van der Waals surface area contributed by atoms with Crippen LogP contribution in [-0.2, 0) is 4.74 Å². The van der Waals surface area contributed by atoms with Gasteiger partial charge in [-0.1, -0.05) is 95.9 Å². The summed E-state index contributed by atoms with van der Waals surface area (Å²) in [5.41, 5.74) is 3.09. The minimum absolute atomic E-state index is 0.00579. The summed E-state index contributed by atoms with van der Waals surface area (Å²) in [6.07, 6.45) is 16.9. The Morgan fingerprint density at radius 2 is 1.73 bits per heavy atom. The molecular formula is C38H52O2. The summed E-state index contributed by atoms with van der Waals surface area (Å²) in [5, 5.41) is 2.25. The molecular weight excluding hydrogens is 488 g/mol. The maximum absolute atomic E-state index is 13.1. The van der Waals surface area contributed by atoms with Gasteiger partial charge in [0.05, 0.1) is 5.56 Å². The number of hydrogen-bond acceptors (Lipinski definition) is 2. The van der Waals surface area contributed by atoms with E-state index in [9.17, 15) is 4.79 Å². The third kappa shape index (κ3) is 4.96. The molecule has 3 fully saturated rings. The van der Waals surface area contributed by atoms with Crippen molar-refractivity contribution in [3.05, 3.63) is 59.7 Å². The molecule has 0 radical (unpaired) electrons. The number of carbonyl (C=O) groups excluding carboxylic acids is 1. The van der Waals surface area contributed by atoms with Crippen LogP contribution in [0.5, 0.6) is 0 Å². The number of carbonyl (C=O) groups is 1.